The Morgan fingerprint density at radius 2 is 2.00 bits per heavy atom. The molecule has 0 aromatic heterocycles. The van der Waals surface area contributed by atoms with Gasteiger partial charge in [-0.1, -0.05) is 19.1 Å². The molecule has 0 unspecified atom stereocenters. The zero-order valence-corrected chi connectivity index (χ0v) is 10.8. The van der Waals surface area contributed by atoms with E-state index in [1.54, 1.807) is 25.1 Å². The number of Topliss-reactive ketones (excluding diaryl/α,β-unsaturated/α-hetero) is 1. The number of carbonyl (C=O) groups excluding carboxylic acids is 2. The van der Waals surface area contributed by atoms with Crippen LogP contribution < -0.4 is 10.6 Å². The lowest BCUT2D eigenvalue weighted by atomic mass is 10.1. The van der Waals surface area contributed by atoms with Crippen molar-refractivity contribution in [1.82, 2.24) is 5.32 Å². The maximum Gasteiger partial charge on any atom is 0.326 e. The van der Waals surface area contributed by atoms with Gasteiger partial charge in [-0.15, -0.1) is 0 Å². The van der Waals surface area contributed by atoms with Gasteiger partial charge in [0.05, 0.1) is 0 Å². The molecule has 0 heterocycles. The number of amides is 2. The number of hydrogen-bond donors (Lipinski definition) is 3. The van der Waals surface area contributed by atoms with E-state index in [9.17, 15) is 14.4 Å². The Labute approximate surface area is 110 Å². The molecule has 0 saturated heterocycles. The Balaban J connectivity index is 2.69. The first kappa shape index (κ1) is 14.7. The van der Waals surface area contributed by atoms with Crippen molar-refractivity contribution in [1.29, 1.82) is 0 Å². The largest absolute Gasteiger partial charge is 0.480 e. The molecule has 3 N–H and O–H groups in total. The molecule has 0 saturated carbocycles. The molecule has 102 valence electrons. The predicted molar refractivity (Wildman–Crippen MR) is 70.3 cm³/mol. The van der Waals surface area contributed by atoms with Crippen molar-refractivity contribution in [3.8, 4) is 0 Å². The summed E-state index contributed by atoms with van der Waals surface area (Å²) in [6.07, 6.45) is 0.288. The van der Waals surface area contributed by atoms with Gasteiger partial charge in [-0.25, -0.2) is 9.59 Å². The van der Waals surface area contributed by atoms with Crippen LogP contribution >= 0.6 is 0 Å². The zero-order valence-electron chi connectivity index (χ0n) is 10.8. The van der Waals surface area contributed by atoms with E-state index in [0.717, 1.165) is 0 Å². The van der Waals surface area contributed by atoms with E-state index < -0.39 is 18.0 Å². The minimum Gasteiger partial charge on any atom is -0.480 e. The van der Waals surface area contributed by atoms with E-state index in [0.29, 0.717) is 11.3 Å². The van der Waals surface area contributed by atoms with Crippen LogP contribution in [0.15, 0.2) is 24.3 Å². The molecule has 2 amide bonds. The van der Waals surface area contributed by atoms with E-state index in [1.807, 2.05) is 0 Å². The molecule has 6 heteroatoms. The lowest BCUT2D eigenvalue weighted by molar-refractivity contribution is -0.139. The van der Waals surface area contributed by atoms with Gasteiger partial charge >= 0.3 is 12.0 Å². The van der Waals surface area contributed by atoms with Gasteiger partial charge in [0.1, 0.15) is 6.04 Å². The molecule has 6 nitrogen and oxygen atoms in total. The zero-order chi connectivity index (χ0) is 14.4. The summed E-state index contributed by atoms with van der Waals surface area (Å²) in [5, 5.41) is 13.6. The highest BCUT2D eigenvalue weighted by Crippen LogP contribution is 2.11. The van der Waals surface area contributed by atoms with Gasteiger partial charge in [-0.05, 0) is 25.5 Å². The number of carboxylic acids is 1. The molecule has 1 aromatic carbocycles. The molecule has 0 aliphatic rings. The molecule has 1 atom stereocenters. The molecule has 0 bridgehead atoms. The van der Waals surface area contributed by atoms with E-state index >= 15 is 0 Å². The molecule has 0 aliphatic heterocycles. The number of benzene rings is 1. The fourth-order valence-electron chi connectivity index (χ4n) is 1.48. The van der Waals surface area contributed by atoms with Crippen LogP contribution in [0.3, 0.4) is 0 Å². The van der Waals surface area contributed by atoms with Crippen LogP contribution in [0.25, 0.3) is 0 Å². The van der Waals surface area contributed by atoms with Gasteiger partial charge in [-0.2, -0.15) is 0 Å². The van der Waals surface area contributed by atoms with Crippen LogP contribution in [0.5, 0.6) is 0 Å². The second-order valence-corrected chi connectivity index (χ2v) is 4.03. The molecular formula is C13H16N2O4. The topological polar surface area (TPSA) is 95.5 Å². The number of urea groups is 1. The maximum absolute atomic E-state index is 11.6. The van der Waals surface area contributed by atoms with E-state index in [4.69, 9.17) is 5.11 Å². The third-order valence-corrected chi connectivity index (χ3v) is 2.54. The molecule has 0 fully saturated rings. The summed E-state index contributed by atoms with van der Waals surface area (Å²) in [5.74, 6) is -1.20. The maximum atomic E-state index is 11.6. The first-order chi connectivity index (χ1) is 8.93. The number of carbonyl (C=O) groups is 3. The fraction of sp³-hybridized carbons (Fsp3) is 0.308. The Morgan fingerprint density at radius 1 is 1.32 bits per heavy atom. The van der Waals surface area contributed by atoms with Crippen molar-refractivity contribution in [3.05, 3.63) is 29.8 Å². The number of aliphatic carboxylic acids is 1. The van der Waals surface area contributed by atoms with Crippen LogP contribution in [0.2, 0.25) is 0 Å². The number of ketones is 1. The van der Waals surface area contributed by atoms with Crippen molar-refractivity contribution in [3.63, 3.8) is 0 Å². The standard InChI is InChI=1S/C13H16N2O4/c1-3-11(12(17)18)15-13(19)14-10-6-4-5-9(7-10)8(2)16/h4-7,11H,3H2,1-2H3,(H,17,18)(H2,14,15,19)/t11-/m1/s1. The monoisotopic (exact) mass is 264 g/mol. The molecule has 0 spiro atoms. The summed E-state index contributed by atoms with van der Waals surface area (Å²) < 4.78 is 0. The minimum absolute atomic E-state index is 0.110. The van der Waals surface area contributed by atoms with Crippen molar-refractivity contribution in [2.75, 3.05) is 5.32 Å². The van der Waals surface area contributed by atoms with Crippen molar-refractivity contribution in [2.45, 2.75) is 26.3 Å². The normalized spacial score (nSPS) is 11.5. The Bertz CT molecular complexity index is 499. The number of hydrogen-bond acceptors (Lipinski definition) is 3. The quantitative estimate of drug-likeness (QED) is 0.707. The molecule has 19 heavy (non-hydrogen) atoms. The molecule has 1 rings (SSSR count). The van der Waals surface area contributed by atoms with Crippen molar-refractivity contribution >= 4 is 23.5 Å². The number of nitrogens with one attached hydrogen (secondary N) is 2. The van der Waals surface area contributed by atoms with E-state index in [-0.39, 0.29) is 12.2 Å². The summed E-state index contributed by atoms with van der Waals surface area (Å²) in [7, 11) is 0. The third kappa shape index (κ3) is 4.42. The first-order valence-corrected chi connectivity index (χ1v) is 5.85. The summed E-state index contributed by atoms with van der Waals surface area (Å²) >= 11 is 0. The first-order valence-electron chi connectivity index (χ1n) is 5.85. The molecule has 0 radical (unpaired) electrons. The van der Waals surface area contributed by atoms with Gasteiger partial charge in [0, 0.05) is 11.3 Å². The average molecular weight is 264 g/mol. The van der Waals surface area contributed by atoms with Gasteiger partial charge in [0.15, 0.2) is 5.78 Å². The predicted octanol–water partition coefficient (Wildman–Crippen LogP) is 1.87. The second-order valence-electron chi connectivity index (χ2n) is 4.03. The average Bonchev–Trinajstić information content (AvgIpc) is 2.35. The van der Waals surface area contributed by atoms with E-state index in [1.165, 1.54) is 13.0 Å². The van der Waals surface area contributed by atoms with Gasteiger partial charge in [0.25, 0.3) is 0 Å². The molecule has 1 aromatic rings. The third-order valence-electron chi connectivity index (χ3n) is 2.54. The van der Waals surface area contributed by atoms with Crippen LogP contribution in [0.4, 0.5) is 10.5 Å². The lowest BCUT2D eigenvalue weighted by Crippen LogP contribution is -2.42. The summed E-state index contributed by atoms with van der Waals surface area (Å²) in [6.45, 7) is 3.09. The van der Waals surface area contributed by atoms with Gasteiger partial charge < -0.3 is 15.7 Å². The number of carboxylic acid groups (broad SMARTS) is 1. The van der Waals surface area contributed by atoms with Gasteiger partial charge in [-0.3, -0.25) is 4.79 Å². The second kappa shape index (κ2) is 6.53. The lowest BCUT2D eigenvalue weighted by Gasteiger charge is -2.13. The van der Waals surface area contributed by atoms with Crippen molar-refractivity contribution in [2.24, 2.45) is 0 Å². The van der Waals surface area contributed by atoms with Crippen LogP contribution in [0.1, 0.15) is 30.6 Å². The highest BCUT2D eigenvalue weighted by Gasteiger charge is 2.17. The van der Waals surface area contributed by atoms with Crippen LogP contribution in [-0.2, 0) is 4.79 Å². The highest BCUT2D eigenvalue weighted by molar-refractivity contribution is 5.97. The summed E-state index contributed by atoms with van der Waals surface area (Å²) in [6, 6.07) is 4.88. The summed E-state index contributed by atoms with van der Waals surface area (Å²) in [4.78, 5) is 33.6. The highest BCUT2D eigenvalue weighted by atomic mass is 16.4. The Hall–Kier alpha value is -2.37. The fourth-order valence-corrected chi connectivity index (χ4v) is 1.48. The minimum atomic E-state index is -1.09. The van der Waals surface area contributed by atoms with Crippen molar-refractivity contribution < 1.29 is 19.5 Å². The van der Waals surface area contributed by atoms with Crippen LogP contribution in [-0.4, -0.2) is 28.9 Å². The number of rotatable bonds is 5. The molecule has 0 aliphatic carbocycles. The summed E-state index contributed by atoms with van der Waals surface area (Å²) in [5.41, 5.74) is 0.911. The Morgan fingerprint density at radius 3 is 2.53 bits per heavy atom. The van der Waals surface area contributed by atoms with E-state index in [2.05, 4.69) is 10.6 Å². The number of anilines is 1. The SMILES string of the molecule is CC[C@@H](NC(=O)Nc1cccc(C(C)=O)c1)C(=O)O. The smallest absolute Gasteiger partial charge is 0.326 e. The van der Waals surface area contributed by atoms with Crippen LogP contribution in [0, 0.1) is 0 Å². The molecular weight excluding hydrogens is 248 g/mol. The van der Waals surface area contributed by atoms with Gasteiger partial charge in [0.2, 0.25) is 0 Å². The Kier molecular flexibility index (Phi) is 5.05.